The molecule has 1 N–H and O–H groups in total. The zero-order chi connectivity index (χ0) is 10.0. The lowest BCUT2D eigenvalue weighted by Gasteiger charge is -2.61. The zero-order valence-corrected chi connectivity index (χ0v) is 8.88. The Morgan fingerprint density at radius 3 is 2.86 bits per heavy atom. The van der Waals surface area contributed by atoms with Gasteiger partial charge >= 0.3 is 0 Å². The molecule has 2 aliphatic carbocycles. The lowest BCUT2D eigenvalue weighted by atomic mass is 9.51. The second kappa shape index (κ2) is 3.92. The summed E-state index contributed by atoms with van der Waals surface area (Å²) in [6.07, 6.45) is 10.9. The third-order valence-electron chi connectivity index (χ3n) is 3.89. The predicted octanol–water partition coefficient (Wildman–Crippen LogP) is 1.56. The minimum Gasteiger partial charge on any atom is -0.378 e. The summed E-state index contributed by atoms with van der Waals surface area (Å²) in [5, 5.41) is 3.43. The summed E-state index contributed by atoms with van der Waals surface area (Å²) in [6.45, 7) is 3.62. The van der Waals surface area contributed by atoms with E-state index in [1.54, 1.807) is 0 Å². The monoisotopic (exact) mass is 193 g/mol. The van der Waals surface area contributed by atoms with Gasteiger partial charge in [-0.25, -0.2) is 0 Å². The summed E-state index contributed by atoms with van der Waals surface area (Å²) in [5.41, 5.74) is 0.451. The van der Waals surface area contributed by atoms with Gasteiger partial charge in [-0.1, -0.05) is 12.3 Å². The molecule has 2 atom stereocenters. The fourth-order valence-electron chi connectivity index (χ4n) is 2.91. The smallest absolute Gasteiger partial charge is 0.0661 e. The van der Waals surface area contributed by atoms with Crippen LogP contribution in [0.15, 0.2) is 0 Å². The summed E-state index contributed by atoms with van der Waals surface area (Å²) < 4.78 is 5.75. The summed E-state index contributed by atoms with van der Waals surface area (Å²) in [5.74, 6) is 2.65. The van der Waals surface area contributed by atoms with Gasteiger partial charge in [0.15, 0.2) is 0 Å². The average Bonchev–Trinajstić information content (AvgIpc) is 2.07. The van der Waals surface area contributed by atoms with Crippen molar-refractivity contribution in [3.63, 3.8) is 0 Å². The maximum atomic E-state index is 5.75. The third kappa shape index (κ3) is 1.36. The first kappa shape index (κ1) is 10.0. The van der Waals surface area contributed by atoms with Gasteiger partial charge < -0.3 is 10.1 Å². The van der Waals surface area contributed by atoms with E-state index in [-0.39, 0.29) is 0 Å². The zero-order valence-electron chi connectivity index (χ0n) is 8.88. The van der Waals surface area contributed by atoms with E-state index >= 15 is 0 Å². The van der Waals surface area contributed by atoms with Crippen LogP contribution in [0.4, 0.5) is 0 Å². The number of terminal acetylenes is 1. The lowest BCUT2D eigenvalue weighted by molar-refractivity contribution is -0.171. The molecule has 2 rings (SSSR count). The van der Waals surface area contributed by atoms with Crippen molar-refractivity contribution in [2.75, 3.05) is 13.2 Å². The van der Waals surface area contributed by atoms with Gasteiger partial charge in [0, 0.05) is 18.1 Å². The van der Waals surface area contributed by atoms with Crippen molar-refractivity contribution in [1.29, 1.82) is 0 Å². The molecule has 0 aliphatic heterocycles. The van der Waals surface area contributed by atoms with Crippen LogP contribution in [0.1, 0.15) is 32.6 Å². The van der Waals surface area contributed by atoms with Gasteiger partial charge in [-0.2, -0.15) is 0 Å². The maximum Gasteiger partial charge on any atom is 0.0661 e. The van der Waals surface area contributed by atoms with Crippen LogP contribution in [-0.4, -0.2) is 25.3 Å². The Morgan fingerprint density at radius 1 is 1.57 bits per heavy atom. The van der Waals surface area contributed by atoms with Crippen LogP contribution >= 0.6 is 0 Å². The van der Waals surface area contributed by atoms with E-state index in [9.17, 15) is 0 Å². The molecule has 14 heavy (non-hydrogen) atoms. The van der Waals surface area contributed by atoms with E-state index in [0.29, 0.717) is 24.1 Å². The van der Waals surface area contributed by atoms with Gasteiger partial charge in [-0.15, -0.1) is 6.42 Å². The Balaban J connectivity index is 1.88. The molecule has 2 aliphatic rings. The first-order chi connectivity index (χ1) is 6.83. The van der Waals surface area contributed by atoms with E-state index in [2.05, 4.69) is 18.2 Å². The molecule has 0 bridgehead atoms. The number of nitrogens with one attached hydrogen (secondary N) is 1. The minimum absolute atomic E-state index is 0.451. The van der Waals surface area contributed by atoms with E-state index in [4.69, 9.17) is 11.2 Å². The van der Waals surface area contributed by atoms with Gasteiger partial charge in [-0.05, 0) is 26.2 Å². The highest BCUT2D eigenvalue weighted by molar-refractivity contribution is 5.12. The quantitative estimate of drug-likeness (QED) is 0.684. The largest absolute Gasteiger partial charge is 0.378 e. The van der Waals surface area contributed by atoms with Crippen LogP contribution < -0.4 is 5.32 Å². The Morgan fingerprint density at radius 2 is 2.36 bits per heavy atom. The van der Waals surface area contributed by atoms with E-state index in [1.165, 1.54) is 19.3 Å². The normalized spacial score (nSPS) is 33.1. The standard InChI is InChI=1S/C12H19NO/c1-3-8-13-10-9-11(14-4-2)12(10)6-5-7-12/h1,10-11,13H,4-9H2,2H3. The van der Waals surface area contributed by atoms with Gasteiger partial charge in [0.1, 0.15) is 0 Å². The average molecular weight is 193 g/mol. The molecule has 0 saturated heterocycles. The molecule has 2 unspecified atom stereocenters. The lowest BCUT2D eigenvalue weighted by Crippen LogP contribution is -2.66. The number of rotatable bonds is 4. The first-order valence-corrected chi connectivity index (χ1v) is 5.62. The van der Waals surface area contributed by atoms with Crippen molar-refractivity contribution >= 4 is 0 Å². The minimum atomic E-state index is 0.451. The fourth-order valence-corrected chi connectivity index (χ4v) is 2.91. The number of hydrogen-bond acceptors (Lipinski definition) is 2. The van der Waals surface area contributed by atoms with Crippen LogP contribution in [0.5, 0.6) is 0 Å². The van der Waals surface area contributed by atoms with Crippen molar-refractivity contribution in [3.05, 3.63) is 0 Å². The van der Waals surface area contributed by atoms with Gasteiger partial charge in [-0.3, -0.25) is 0 Å². The molecule has 0 aromatic rings. The molecule has 2 heteroatoms. The Kier molecular flexibility index (Phi) is 2.80. The molecule has 2 nitrogen and oxygen atoms in total. The molecule has 2 saturated carbocycles. The SMILES string of the molecule is C#CCNC1CC(OCC)C12CCC2. The van der Waals surface area contributed by atoms with Crippen molar-refractivity contribution in [2.45, 2.75) is 44.8 Å². The molecule has 1 spiro atoms. The second-order valence-electron chi connectivity index (χ2n) is 4.40. The summed E-state index contributed by atoms with van der Waals surface area (Å²) >= 11 is 0. The third-order valence-corrected chi connectivity index (χ3v) is 3.89. The molecule has 0 aromatic heterocycles. The first-order valence-electron chi connectivity index (χ1n) is 5.62. The highest BCUT2D eigenvalue weighted by Crippen LogP contribution is 2.57. The van der Waals surface area contributed by atoms with Crippen molar-refractivity contribution in [3.8, 4) is 12.3 Å². The summed E-state index contributed by atoms with van der Waals surface area (Å²) in [7, 11) is 0. The highest BCUT2D eigenvalue weighted by atomic mass is 16.5. The van der Waals surface area contributed by atoms with E-state index < -0.39 is 0 Å². The summed E-state index contributed by atoms with van der Waals surface area (Å²) in [4.78, 5) is 0. The molecule has 2 fully saturated rings. The van der Waals surface area contributed by atoms with Crippen molar-refractivity contribution in [2.24, 2.45) is 5.41 Å². The second-order valence-corrected chi connectivity index (χ2v) is 4.40. The highest BCUT2D eigenvalue weighted by Gasteiger charge is 2.58. The van der Waals surface area contributed by atoms with Crippen LogP contribution in [0.25, 0.3) is 0 Å². The predicted molar refractivity (Wildman–Crippen MR) is 56.9 cm³/mol. The van der Waals surface area contributed by atoms with Gasteiger partial charge in [0.25, 0.3) is 0 Å². The number of hydrogen-bond donors (Lipinski definition) is 1. The summed E-state index contributed by atoms with van der Waals surface area (Å²) in [6, 6.07) is 0.615. The molecule has 0 radical (unpaired) electrons. The van der Waals surface area contributed by atoms with Crippen molar-refractivity contribution < 1.29 is 4.74 Å². The molecule has 78 valence electrons. The maximum absolute atomic E-state index is 5.75. The molecule has 0 amide bonds. The molecule has 0 aromatic carbocycles. The molecular formula is C12H19NO. The fraction of sp³-hybridized carbons (Fsp3) is 0.833. The van der Waals surface area contributed by atoms with Gasteiger partial charge in [0.2, 0.25) is 0 Å². The topological polar surface area (TPSA) is 21.3 Å². The van der Waals surface area contributed by atoms with Crippen LogP contribution in [0.3, 0.4) is 0 Å². The molecular weight excluding hydrogens is 174 g/mol. The molecule has 0 heterocycles. The van der Waals surface area contributed by atoms with E-state index in [0.717, 1.165) is 13.0 Å². The number of ether oxygens (including phenoxy) is 1. The van der Waals surface area contributed by atoms with Crippen LogP contribution in [0, 0.1) is 17.8 Å². The van der Waals surface area contributed by atoms with Gasteiger partial charge in [0.05, 0.1) is 12.6 Å². The Bertz CT molecular complexity index is 239. The van der Waals surface area contributed by atoms with E-state index in [1.807, 2.05) is 0 Å². The Hall–Kier alpha value is -0.520. The Labute approximate surface area is 86.4 Å². The van der Waals surface area contributed by atoms with Crippen molar-refractivity contribution in [1.82, 2.24) is 5.32 Å². The van der Waals surface area contributed by atoms with Crippen LogP contribution in [-0.2, 0) is 4.74 Å². The van der Waals surface area contributed by atoms with Crippen LogP contribution in [0.2, 0.25) is 0 Å².